The maximum Gasteiger partial charge on any atom is 0.251 e. The van der Waals surface area contributed by atoms with Gasteiger partial charge in [0.05, 0.1) is 0 Å². The van der Waals surface area contributed by atoms with Crippen LogP contribution in [0.4, 0.5) is 5.69 Å². The molecule has 1 aromatic rings. The fourth-order valence-electron chi connectivity index (χ4n) is 2.19. The van der Waals surface area contributed by atoms with Crippen LogP contribution in [0.5, 0.6) is 0 Å². The lowest BCUT2D eigenvalue weighted by Gasteiger charge is -2.23. The highest BCUT2D eigenvalue weighted by molar-refractivity contribution is 5.96. The van der Waals surface area contributed by atoms with Crippen molar-refractivity contribution in [2.45, 2.75) is 25.8 Å². The number of benzene rings is 1. The van der Waals surface area contributed by atoms with Crippen LogP contribution in [0, 0.1) is 0 Å². The zero-order valence-corrected chi connectivity index (χ0v) is 11.0. The summed E-state index contributed by atoms with van der Waals surface area (Å²) in [6.45, 7) is 3.28. The van der Waals surface area contributed by atoms with Gasteiger partial charge >= 0.3 is 0 Å². The van der Waals surface area contributed by atoms with E-state index >= 15 is 0 Å². The summed E-state index contributed by atoms with van der Waals surface area (Å²) in [5.41, 5.74) is 1.21. The van der Waals surface area contributed by atoms with E-state index in [0.717, 1.165) is 25.9 Å². The van der Waals surface area contributed by atoms with Crippen LogP contribution in [0.2, 0.25) is 0 Å². The number of anilines is 1. The summed E-state index contributed by atoms with van der Waals surface area (Å²) in [6.07, 6.45) is 2.08. The lowest BCUT2D eigenvalue weighted by atomic mass is 10.1. The second-order valence-corrected chi connectivity index (χ2v) is 4.78. The summed E-state index contributed by atoms with van der Waals surface area (Å²) in [7, 11) is 0. The van der Waals surface area contributed by atoms with Gasteiger partial charge in [0.25, 0.3) is 5.91 Å². The second kappa shape index (κ2) is 6.33. The molecule has 1 fully saturated rings. The van der Waals surface area contributed by atoms with E-state index in [1.54, 1.807) is 24.3 Å². The first-order chi connectivity index (χ1) is 9.15. The molecule has 1 heterocycles. The molecule has 0 aromatic heterocycles. The lowest BCUT2D eigenvalue weighted by Crippen LogP contribution is -2.45. The molecule has 0 bridgehead atoms. The van der Waals surface area contributed by atoms with Gasteiger partial charge in [0.2, 0.25) is 5.91 Å². The van der Waals surface area contributed by atoms with Gasteiger partial charge in [0.15, 0.2) is 0 Å². The van der Waals surface area contributed by atoms with E-state index in [9.17, 15) is 9.59 Å². The van der Waals surface area contributed by atoms with Gasteiger partial charge in [-0.2, -0.15) is 0 Å². The third-order valence-electron chi connectivity index (χ3n) is 3.08. The van der Waals surface area contributed by atoms with Crippen LogP contribution in [0.15, 0.2) is 24.3 Å². The smallest absolute Gasteiger partial charge is 0.251 e. The molecule has 3 N–H and O–H groups in total. The molecule has 2 rings (SSSR count). The summed E-state index contributed by atoms with van der Waals surface area (Å²) in [5.74, 6) is -0.241. The number of carbonyl (C=O) groups is 2. The van der Waals surface area contributed by atoms with Gasteiger partial charge < -0.3 is 16.0 Å². The van der Waals surface area contributed by atoms with E-state index in [-0.39, 0.29) is 17.9 Å². The Morgan fingerprint density at radius 2 is 2.21 bits per heavy atom. The molecule has 1 aromatic carbocycles. The third kappa shape index (κ3) is 4.06. The largest absolute Gasteiger partial charge is 0.348 e. The van der Waals surface area contributed by atoms with Gasteiger partial charge in [-0.15, -0.1) is 0 Å². The summed E-state index contributed by atoms with van der Waals surface area (Å²) >= 11 is 0. The van der Waals surface area contributed by atoms with Crippen LogP contribution in [0.1, 0.15) is 30.1 Å². The van der Waals surface area contributed by atoms with Gasteiger partial charge in [-0.25, -0.2) is 0 Å². The van der Waals surface area contributed by atoms with E-state index < -0.39 is 0 Å². The van der Waals surface area contributed by atoms with Crippen LogP contribution in [0.25, 0.3) is 0 Å². The van der Waals surface area contributed by atoms with Crippen molar-refractivity contribution in [3.05, 3.63) is 29.8 Å². The normalized spacial score (nSPS) is 18.7. The minimum Gasteiger partial charge on any atom is -0.348 e. The van der Waals surface area contributed by atoms with Crippen molar-refractivity contribution >= 4 is 17.5 Å². The Morgan fingerprint density at radius 1 is 1.37 bits per heavy atom. The van der Waals surface area contributed by atoms with E-state index in [1.165, 1.54) is 6.92 Å². The van der Waals surface area contributed by atoms with Crippen molar-refractivity contribution in [1.29, 1.82) is 0 Å². The van der Waals surface area contributed by atoms with Crippen molar-refractivity contribution in [1.82, 2.24) is 10.6 Å². The van der Waals surface area contributed by atoms with E-state index in [1.807, 2.05) is 0 Å². The van der Waals surface area contributed by atoms with E-state index in [4.69, 9.17) is 0 Å². The number of nitrogens with one attached hydrogen (secondary N) is 3. The quantitative estimate of drug-likeness (QED) is 0.764. The number of hydrogen-bond acceptors (Lipinski definition) is 3. The monoisotopic (exact) mass is 261 g/mol. The highest BCUT2D eigenvalue weighted by Crippen LogP contribution is 2.11. The molecule has 0 aliphatic carbocycles. The molecule has 5 heteroatoms. The predicted octanol–water partition coefficient (Wildman–Crippen LogP) is 1.13. The van der Waals surface area contributed by atoms with Crippen LogP contribution >= 0.6 is 0 Å². The third-order valence-corrected chi connectivity index (χ3v) is 3.08. The minimum atomic E-state index is -0.144. The Bertz CT molecular complexity index is 468. The topological polar surface area (TPSA) is 70.2 Å². The Labute approximate surface area is 112 Å². The Hall–Kier alpha value is -1.88. The maximum absolute atomic E-state index is 12.1. The summed E-state index contributed by atoms with van der Waals surface area (Å²) in [6, 6.07) is 7.15. The minimum absolute atomic E-state index is 0.0964. The number of rotatable bonds is 3. The van der Waals surface area contributed by atoms with Crippen molar-refractivity contribution in [2.24, 2.45) is 0 Å². The van der Waals surface area contributed by atoms with Gasteiger partial charge in [0, 0.05) is 30.8 Å². The molecule has 5 nitrogen and oxygen atoms in total. The molecule has 0 saturated carbocycles. The zero-order valence-electron chi connectivity index (χ0n) is 11.0. The molecule has 1 atom stereocenters. The van der Waals surface area contributed by atoms with Crippen molar-refractivity contribution < 1.29 is 9.59 Å². The molecule has 1 aliphatic rings. The standard InChI is InChI=1S/C14H19N3O2/c1-10(18)16-12-5-2-4-11(8-12)14(19)17-13-6-3-7-15-9-13/h2,4-5,8,13,15H,3,6-7,9H2,1H3,(H,16,18)(H,17,19). The highest BCUT2D eigenvalue weighted by Gasteiger charge is 2.16. The highest BCUT2D eigenvalue weighted by atomic mass is 16.2. The number of piperidine rings is 1. The molecule has 19 heavy (non-hydrogen) atoms. The fourth-order valence-corrected chi connectivity index (χ4v) is 2.19. The summed E-state index contributed by atoms with van der Waals surface area (Å²) in [5, 5.41) is 8.93. The van der Waals surface area contributed by atoms with E-state index in [2.05, 4.69) is 16.0 Å². The molecule has 0 radical (unpaired) electrons. The first kappa shape index (κ1) is 13.5. The molecular formula is C14H19N3O2. The van der Waals surface area contributed by atoms with Crippen LogP contribution in [-0.2, 0) is 4.79 Å². The predicted molar refractivity (Wildman–Crippen MR) is 74.1 cm³/mol. The van der Waals surface area contributed by atoms with Gasteiger partial charge in [-0.1, -0.05) is 6.07 Å². The fraction of sp³-hybridized carbons (Fsp3) is 0.429. The van der Waals surface area contributed by atoms with Crippen molar-refractivity contribution in [2.75, 3.05) is 18.4 Å². The van der Waals surface area contributed by atoms with E-state index in [0.29, 0.717) is 11.3 Å². The first-order valence-electron chi connectivity index (χ1n) is 6.54. The number of carbonyl (C=O) groups excluding carboxylic acids is 2. The van der Waals surface area contributed by atoms with Crippen LogP contribution < -0.4 is 16.0 Å². The Balaban J connectivity index is 1.99. The molecule has 0 spiro atoms. The SMILES string of the molecule is CC(=O)Nc1cccc(C(=O)NC2CCCNC2)c1. The molecule has 2 amide bonds. The summed E-state index contributed by atoms with van der Waals surface area (Å²) in [4.78, 5) is 23.1. The van der Waals surface area contributed by atoms with Gasteiger partial charge in [0.1, 0.15) is 0 Å². The van der Waals surface area contributed by atoms with Crippen LogP contribution in [0.3, 0.4) is 0 Å². The Morgan fingerprint density at radius 3 is 2.89 bits per heavy atom. The number of amides is 2. The zero-order chi connectivity index (χ0) is 13.7. The Kier molecular flexibility index (Phi) is 4.52. The van der Waals surface area contributed by atoms with Gasteiger partial charge in [-0.05, 0) is 37.6 Å². The first-order valence-corrected chi connectivity index (χ1v) is 6.54. The average Bonchev–Trinajstić information content (AvgIpc) is 2.39. The lowest BCUT2D eigenvalue weighted by molar-refractivity contribution is -0.114. The molecular weight excluding hydrogens is 242 g/mol. The molecule has 1 aliphatic heterocycles. The van der Waals surface area contributed by atoms with Crippen molar-refractivity contribution in [3.8, 4) is 0 Å². The molecule has 102 valence electrons. The van der Waals surface area contributed by atoms with Crippen LogP contribution in [-0.4, -0.2) is 30.9 Å². The summed E-state index contributed by atoms with van der Waals surface area (Å²) < 4.78 is 0. The average molecular weight is 261 g/mol. The molecule has 1 unspecified atom stereocenters. The second-order valence-electron chi connectivity index (χ2n) is 4.78. The number of hydrogen-bond donors (Lipinski definition) is 3. The maximum atomic E-state index is 12.1. The van der Waals surface area contributed by atoms with Crippen molar-refractivity contribution in [3.63, 3.8) is 0 Å². The van der Waals surface area contributed by atoms with Gasteiger partial charge in [-0.3, -0.25) is 9.59 Å². The molecule has 1 saturated heterocycles.